The second-order valence-electron chi connectivity index (χ2n) is 4.88. The van der Waals surface area contributed by atoms with Crippen LogP contribution in [0.5, 0.6) is 5.75 Å². The summed E-state index contributed by atoms with van der Waals surface area (Å²) in [5.41, 5.74) is 0.590. The second-order valence-corrected chi connectivity index (χ2v) is 6.99. The van der Waals surface area contributed by atoms with Crippen molar-refractivity contribution in [3.8, 4) is 5.75 Å². The summed E-state index contributed by atoms with van der Waals surface area (Å²) < 4.78 is 5.20. The van der Waals surface area contributed by atoms with Crippen molar-refractivity contribution in [2.24, 2.45) is 0 Å². The molecular formula is C17H16N4O2S2. The number of para-hydroxylation sites is 2. The highest BCUT2D eigenvalue weighted by Gasteiger charge is 2.10. The molecule has 2 amide bonds. The van der Waals surface area contributed by atoms with Crippen LogP contribution in [0, 0.1) is 0 Å². The number of carbonyl (C=O) groups excluding carboxylic acids is 1. The normalized spacial score (nSPS) is 10.3. The van der Waals surface area contributed by atoms with E-state index in [1.54, 1.807) is 31.0 Å². The lowest BCUT2D eigenvalue weighted by Gasteiger charge is -2.09. The average Bonchev–Trinajstić information content (AvgIpc) is 3.08. The fourth-order valence-electron chi connectivity index (χ4n) is 2.02. The molecule has 0 saturated heterocycles. The molecule has 0 unspecified atom stereocenters. The van der Waals surface area contributed by atoms with Crippen LogP contribution in [-0.2, 0) is 5.75 Å². The first-order chi connectivity index (χ1) is 12.2. The number of nitrogens with one attached hydrogen (secondary N) is 2. The maximum absolute atomic E-state index is 12.1. The minimum Gasteiger partial charge on any atom is -0.495 e. The number of hydrogen-bond donors (Lipinski definition) is 2. The lowest BCUT2D eigenvalue weighted by molar-refractivity contribution is 0.262. The minimum atomic E-state index is -0.386. The zero-order valence-electron chi connectivity index (χ0n) is 13.4. The van der Waals surface area contributed by atoms with E-state index in [0.717, 1.165) is 5.01 Å². The number of ether oxygens (including phenoxy) is 1. The fraction of sp³-hybridized carbons (Fsp3) is 0.118. The van der Waals surface area contributed by atoms with Gasteiger partial charge < -0.3 is 10.1 Å². The van der Waals surface area contributed by atoms with Crippen LogP contribution in [0.4, 0.5) is 15.6 Å². The topological polar surface area (TPSA) is 76.1 Å². The van der Waals surface area contributed by atoms with Gasteiger partial charge in [0, 0.05) is 4.90 Å². The third-order valence-corrected chi connectivity index (χ3v) is 5.19. The Morgan fingerprint density at radius 3 is 2.64 bits per heavy atom. The van der Waals surface area contributed by atoms with Gasteiger partial charge in [-0.05, 0) is 24.3 Å². The molecule has 0 radical (unpaired) electrons. The Morgan fingerprint density at radius 1 is 1.08 bits per heavy atom. The molecule has 128 valence electrons. The summed E-state index contributed by atoms with van der Waals surface area (Å²) in [5, 5.41) is 14.8. The standard InChI is InChI=1S/C17H16N4O2S2/c1-23-14-10-6-5-9-13(14)18-16(22)19-17-21-20-15(25-17)11-24-12-7-3-2-4-8-12/h2-10H,11H2,1H3,(H2,18,19,21,22). The Hall–Kier alpha value is -2.58. The van der Waals surface area contributed by atoms with Crippen molar-refractivity contribution in [2.45, 2.75) is 10.6 Å². The van der Waals surface area contributed by atoms with Gasteiger partial charge in [0.1, 0.15) is 10.8 Å². The SMILES string of the molecule is COc1ccccc1NC(=O)Nc1nnc(CSc2ccccc2)s1. The summed E-state index contributed by atoms with van der Waals surface area (Å²) in [6, 6.07) is 16.9. The quantitative estimate of drug-likeness (QED) is 0.624. The van der Waals surface area contributed by atoms with Crippen molar-refractivity contribution in [1.82, 2.24) is 10.2 Å². The highest BCUT2D eigenvalue weighted by molar-refractivity contribution is 7.98. The Labute approximate surface area is 153 Å². The van der Waals surface area contributed by atoms with Gasteiger partial charge in [-0.25, -0.2) is 4.79 Å². The molecule has 0 aliphatic heterocycles. The molecule has 8 heteroatoms. The van der Waals surface area contributed by atoms with Gasteiger partial charge in [0.25, 0.3) is 0 Å². The minimum absolute atomic E-state index is 0.386. The maximum Gasteiger partial charge on any atom is 0.325 e. The predicted octanol–water partition coefficient (Wildman–Crippen LogP) is 4.48. The van der Waals surface area contributed by atoms with Crippen molar-refractivity contribution in [2.75, 3.05) is 17.7 Å². The van der Waals surface area contributed by atoms with Crippen molar-refractivity contribution in [3.05, 3.63) is 59.6 Å². The summed E-state index contributed by atoms with van der Waals surface area (Å²) in [7, 11) is 1.56. The molecule has 1 heterocycles. The van der Waals surface area contributed by atoms with Gasteiger partial charge in [0.15, 0.2) is 0 Å². The molecule has 2 N–H and O–H groups in total. The number of methoxy groups -OCH3 is 1. The monoisotopic (exact) mass is 372 g/mol. The lowest BCUT2D eigenvalue weighted by atomic mass is 10.3. The van der Waals surface area contributed by atoms with Crippen LogP contribution in [0.2, 0.25) is 0 Å². The first kappa shape index (κ1) is 17.2. The lowest BCUT2D eigenvalue weighted by Crippen LogP contribution is -2.19. The molecule has 0 spiro atoms. The van der Waals surface area contributed by atoms with E-state index in [9.17, 15) is 4.79 Å². The smallest absolute Gasteiger partial charge is 0.325 e. The van der Waals surface area contributed by atoms with Gasteiger partial charge in [-0.3, -0.25) is 5.32 Å². The van der Waals surface area contributed by atoms with Gasteiger partial charge in [0.2, 0.25) is 5.13 Å². The molecule has 0 aliphatic rings. The van der Waals surface area contributed by atoms with E-state index in [2.05, 4.69) is 20.8 Å². The van der Waals surface area contributed by atoms with Gasteiger partial charge >= 0.3 is 6.03 Å². The van der Waals surface area contributed by atoms with E-state index in [1.165, 1.54) is 16.2 Å². The summed E-state index contributed by atoms with van der Waals surface area (Å²) in [5.74, 6) is 1.30. The number of rotatable bonds is 6. The third kappa shape index (κ3) is 4.94. The van der Waals surface area contributed by atoms with Crippen LogP contribution in [0.15, 0.2) is 59.5 Å². The number of amides is 2. The van der Waals surface area contributed by atoms with E-state index in [-0.39, 0.29) is 6.03 Å². The van der Waals surface area contributed by atoms with Gasteiger partial charge in [-0.15, -0.1) is 22.0 Å². The van der Waals surface area contributed by atoms with Crippen molar-refractivity contribution in [3.63, 3.8) is 0 Å². The van der Waals surface area contributed by atoms with E-state index >= 15 is 0 Å². The van der Waals surface area contributed by atoms with Gasteiger partial charge in [0.05, 0.1) is 18.6 Å². The Kier molecular flexibility index (Phi) is 5.86. The molecule has 0 fully saturated rings. The molecule has 0 aliphatic carbocycles. The molecule has 0 atom stereocenters. The number of urea groups is 1. The summed E-state index contributed by atoms with van der Waals surface area (Å²) in [6.45, 7) is 0. The largest absolute Gasteiger partial charge is 0.495 e. The number of thioether (sulfide) groups is 1. The molecule has 25 heavy (non-hydrogen) atoms. The van der Waals surface area contributed by atoms with Gasteiger partial charge in [-0.2, -0.15) is 0 Å². The highest BCUT2D eigenvalue weighted by atomic mass is 32.2. The number of nitrogens with zero attached hydrogens (tertiary/aromatic N) is 2. The van der Waals surface area contributed by atoms with E-state index in [0.29, 0.717) is 22.3 Å². The number of benzene rings is 2. The average molecular weight is 372 g/mol. The number of hydrogen-bond acceptors (Lipinski definition) is 6. The first-order valence-electron chi connectivity index (χ1n) is 7.46. The van der Waals surface area contributed by atoms with E-state index < -0.39 is 0 Å². The molecule has 3 aromatic rings. The zero-order chi connectivity index (χ0) is 17.5. The molecular weight excluding hydrogens is 356 g/mol. The summed E-state index contributed by atoms with van der Waals surface area (Å²) in [4.78, 5) is 13.3. The van der Waals surface area contributed by atoms with Crippen LogP contribution >= 0.6 is 23.1 Å². The maximum atomic E-state index is 12.1. The van der Waals surface area contributed by atoms with Crippen molar-refractivity contribution < 1.29 is 9.53 Å². The third-order valence-electron chi connectivity index (χ3n) is 3.15. The molecule has 3 rings (SSSR count). The number of carbonyl (C=O) groups is 1. The highest BCUT2D eigenvalue weighted by Crippen LogP contribution is 2.26. The summed E-state index contributed by atoms with van der Waals surface area (Å²) >= 11 is 3.03. The van der Waals surface area contributed by atoms with Crippen LogP contribution in [0.1, 0.15) is 5.01 Å². The molecule has 2 aromatic carbocycles. The number of anilines is 2. The number of aromatic nitrogens is 2. The van der Waals surface area contributed by atoms with Crippen LogP contribution in [-0.4, -0.2) is 23.3 Å². The van der Waals surface area contributed by atoms with Crippen molar-refractivity contribution in [1.29, 1.82) is 0 Å². The molecule has 0 bridgehead atoms. The first-order valence-corrected chi connectivity index (χ1v) is 9.26. The Balaban J connectivity index is 1.55. The van der Waals surface area contributed by atoms with Crippen LogP contribution in [0.25, 0.3) is 0 Å². The zero-order valence-corrected chi connectivity index (χ0v) is 15.1. The molecule has 0 saturated carbocycles. The predicted molar refractivity (Wildman–Crippen MR) is 102 cm³/mol. The van der Waals surface area contributed by atoms with Crippen molar-refractivity contribution >= 4 is 39.9 Å². The second kappa shape index (κ2) is 8.50. The van der Waals surface area contributed by atoms with Gasteiger partial charge in [-0.1, -0.05) is 41.7 Å². The Morgan fingerprint density at radius 2 is 1.84 bits per heavy atom. The molecule has 1 aromatic heterocycles. The van der Waals surface area contributed by atoms with Crippen LogP contribution in [0.3, 0.4) is 0 Å². The fourth-order valence-corrected chi connectivity index (χ4v) is 3.66. The summed E-state index contributed by atoms with van der Waals surface area (Å²) in [6.07, 6.45) is 0. The van der Waals surface area contributed by atoms with E-state index in [1.807, 2.05) is 42.5 Å². The Bertz CT molecular complexity index is 839. The van der Waals surface area contributed by atoms with Crippen LogP contribution < -0.4 is 15.4 Å². The molecule has 6 nitrogen and oxygen atoms in total. The van der Waals surface area contributed by atoms with E-state index in [4.69, 9.17) is 4.74 Å².